The highest BCUT2D eigenvalue weighted by atomic mass is 16.2. The second-order valence-electron chi connectivity index (χ2n) is 8.00. The van der Waals surface area contributed by atoms with Gasteiger partial charge in [-0.25, -0.2) is 0 Å². The predicted octanol–water partition coefficient (Wildman–Crippen LogP) is 0.992. The van der Waals surface area contributed by atoms with Gasteiger partial charge in [0.15, 0.2) is 0 Å². The number of aromatic amines is 1. The predicted molar refractivity (Wildman–Crippen MR) is 117 cm³/mol. The zero-order valence-electron chi connectivity index (χ0n) is 17.5. The van der Waals surface area contributed by atoms with Gasteiger partial charge in [-0.1, -0.05) is 18.1 Å². The average molecular weight is 441 g/mol. The number of H-pyrrole nitrogens is 1. The Morgan fingerprint density at radius 2 is 2.06 bits per heavy atom. The van der Waals surface area contributed by atoms with Crippen LogP contribution in [0.1, 0.15) is 39.9 Å². The highest BCUT2D eigenvalue weighted by Gasteiger charge is 2.39. The Morgan fingerprint density at radius 3 is 2.91 bits per heavy atom. The molecule has 0 spiro atoms. The molecule has 2 aliphatic rings. The van der Waals surface area contributed by atoms with Gasteiger partial charge in [-0.3, -0.25) is 29.6 Å². The van der Waals surface area contributed by atoms with Gasteiger partial charge in [-0.15, -0.1) is 0 Å². The Hall–Kier alpha value is -4.45. The van der Waals surface area contributed by atoms with Gasteiger partial charge in [0, 0.05) is 41.9 Å². The summed E-state index contributed by atoms with van der Waals surface area (Å²) in [6, 6.07) is 10.2. The van der Waals surface area contributed by atoms with E-state index in [1.165, 1.54) is 4.90 Å². The minimum atomic E-state index is -0.651. The Balaban J connectivity index is 1.22. The minimum Gasteiger partial charge on any atom is -0.341 e. The van der Waals surface area contributed by atoms with Crippen LogP contribution >= 0.6 is 0 Å². The Morgan fingerprint density at radius 1 is 1.18 bits per heavy atom. The molecule has 1 saturated heterocycles. The molecule has 33 heavy (non-hydrogen) atoms. The third kappa shape index (κ3) is 4.06. The van der Waals surface area contributed by atoms with Crippen molar-refractivity contribution in [2.75, 3.05) is 0 Å². The van der Waals surface area contributed by atoms with Crippen molar-refractivity contribution in [1.82, 2.24) is 25.7 Å². The van der Waals surface area contributed by atoms with Crippen molar-refractivity contribution in [3.63, 3.8) is 0 Å². The van der Waals surface area contributed by atoms with Crippen molar-refractivity contribution in [1.29, 1.82) is 0 Å². The summed E-state index contributed by atoms with van der Waals surface area (Å²) < 4.78 is 0. The normalized spacial score (nSPS) is 17.4. The SMILES string of the molecule is O=C(C#Cc1ccc2[nH]ncc2c1)NCc1ccc2c(c1)CN(C1CCC(=O)NC1=O)C2=O. The van der Waals surface area contributed by atoms with Gasteiger partial charge >= 0.3 is 0 Å². The monoisotopic (exact) mass is 441 g/mol. The van der Waals surface area contributed by atoms with Crippen LogP contribution in [0.4, 0.5) is 0 Å². The Kier molecular flexibility index (Phi) is 5.11. The molecule has 0 bridgehead atoms. The van der Waals surface area contributed by atoms with Crippen LogP contribution in [0.15, 0.2) is 42.6 Å². The van der Waals surface area contributed by atoms with Crippen molar-refractivity contribution in [2.24, 2.45) is 0 Å². The van der Waals surface area contributed by atoms with E-state index in [1.807, 2.05) is 24.3 Å². The summed E-state index contributed by atoms with van der Waals surface area (Å²) in [7, 11) is 0. The molecule has 0 radical (unpaired) electrons. The standard InChI is InChI=1S/C24H19N5O4/c30-21(7-3-14-2-5-19-16(9-14)12-26-28-19)25-11-15-1-4-18-17(10-15)13-29(24(18)33)20-6-8-22(31)27-23(20)32/h1-2,4-5,9-10,12,20H,6,8,11,13H2,(H,25,30)(H,26,28)(H,27,31,32). The van der Waals surface area contributed by atoms with Gasteiger partial charge in [0.25, 0.3) is 11.8 Å². The molecular formula is C24H19N5O4. The van der Waals surface area contributed by atoms with Gasteiger partial charge < -0.3 is 10.2 Å². The van der Waals surface area contributed by atoms with Crippen LogP contribution in [0.25, 0.3) is 10.9 Å². The second kappa shape index (κ2) is 8.24. The number of benzene rings is 2. The largest absolute Gasteiger partial charge is 0.341 e. The van der Waals surface area contributed by atoms with Crippen LogP contribution in [0, 0.1) is 11.8 Å². The average Bonchev–Trinajstić information content (AvgIpc) is 3.40. The van der Waals surface area contributed by atoms with Gasteiger partial charge in [0.05, 0.1) is 11.7 Å². The molecule has 1 unspecified atom stereocenters. The van der Waals surface area contributed by atoms with E-state index >= 15 is 0 Å². The van der Waals surface area contributed by atoms with Gasteiger partial charge in [-0.05, 0) is 41.8 Å². The Bertz CT molecular complexity index is 1380. The van der Waals surface area contributed by atoms with Crippen LogP contribution in [0.5, 0.6) is 0 Å². The quantitative estimate of drug-likeness (QED) is 0.413. The van der Waals surface area contributed by atoms with Crippen molar-refractivity contribution in [3.8, 4) is 11.8 Å². The van der Waals surface area contributed by atoms with Crippen LogP contribution in [0.2, 0.25) is 0 Å². The van der Waals surface area contributed by atoms with E-state index in [4.69, 9.17) is 0 Å². The van der Waals surface area contributed by atoms with Crippen LogP contribution in [0.3, 0.4) is 0 Å². The first-order valence-corrected chi connectivity index (χ1v) is 10.5. The fraction of sp³-hybridized carbons (Fsp3) is 0.208. The second-order valence-corrected chi connectivity index (χ2v) is 8.00. The molecule has 5 rings (SSSR count). The molecule has 2 aromatic carbocycles. The summed E-state index contributed by atoms with van der Waals surface area (Å²) >= 11 is 0. The van der Waals surface area contributed by atoms with Crippen molar-refractivity contribution in [2.45, 2.75) is 32.0 Å². The van der Waals surface area contributed by atoms with E-state index < -0.39 is 17.9 Å². The lowest BCUT2D eigenvalue weighted by atomic mass is 10.0. The van der Waals surface area contributed by atoms with Crippen molar-refractivity contribution >= 4 is 34.5 Å². The maximum absolute atomic E-state index is 12.8. The molecule has 3 heterocycles. The third-order valence-electron chi connectivity index (χ3n) is 5.80. The van der Waals surface area contributed by atoms with E-state index in [2.05, 4.69) is 32.7 Å². The molecule has 9 heteroatoms. The number of carbonyl (C=O) groups excluding carboxylic acids is 4. The summed E-state index contributed by atoms with van der Waals surface area (Å²) in [5.74, 6) is 4.03. The molecule has 4 amide bonds. The van der Waals surface area contributed by atoms with E-state index in [-0.39, 0.29) is 24.8 Å². The summed E-state index contributed by atoms with van der Waals surface area (Å²) in [6.07, 6.45) is 2.23. The summed E-state index contributed by atoms with van der Waals surface area (Å²) in [5, 5.41) is 12.8. The van der Waals surface area contributed by atoms with Crippen LogP contribution in [-0.4, -0.2) is 44.8 Å². The molecular weight excluding hydrogens is 422 g/mol. The first kappa shape index (κ1) is 20.5. The fourth-order valence-electron chi connectivity index (χ4n) is 4.11. The first-order valence-electron chi connectivity index (χ1n) is 10.5. The number of nitrogens with one attached hydrogen (secondary N) is 3. The Labute approximate surface area is 188 Å². The van der Waals surface area contributed by atoms with E-state index in [0.717, 1.165) is 22.0 Å². The molecule has 2 aliphatic heterocycles. The third-order valence-corrected chi connectivity index (χ3v) is 5.80. The molecule has 0 saturated carbocycles. The number of hydrogen-bond acceptors (Lipinski definition) is 5. The van der Waals surface area contributed by atoms with Gasteiger partial charge in [0.1, 0.15) is 6.04 Å². The minimum absolute atomic E-state index is 0.213. The number of hydrogen-bond donors (Lipinski definition) is 3. The number of fused-ring (bicyclic) bond motifs is 2. The van der Waals surface area contributed by atoms with Crippen molar-refractivity contribution < 1.29 is 19.2 Å². The zero-order valence-corrected chi connectivity index (χ0v) is 17.5. The van der Waals surface area contributed by atoms with Crippen LogP contribution in [-0.2, 0) is 27.5 Å². The van der Waals surface area contributed by atoms with Gasteiger partial charge in [0.2, 0.25) is 11.8 Å². The number of nitrogens with zero attached hydrogens (tertiary/aromatic N) is 2. The summed E-state index contributed by atoms with van der Waals surface area (Å²) in [4.78, 5) is 50.0. The molecule has 3 aromatic rings. The van der Waals surface area contributed by atoms with E-state index in [9.17, 15) is 19.2 Å². The smallest absolute Gasteiger partial charge is 0.296 e. The molecule has 1 aromatic heterocycles. The molecule has 9 nitrogen and oxygen atoms in total. The molecule has 1 atom stereocenters. The first-order chi connectivity index (χ1) is 16.0. The molecule has 3 N–H and O–H groups in total. The number of imide groups is 1. The highest BCUT2D eigenvalue weighted by molar-refractivity contribution is 6.05. The number of piperidine rings is 1. The molecule has 0 aliphatic carbocycles. The van der Waals surface area contributed by atoms with E-state index in [0.29, 0.717) is 24.1 Å². The topological polar surface area (TPSA) is 124 Å². The maximum Gasteiger partial charge on any atom is 0.296 e. The summed E-state index contributed by atoms with van der Waals surface area (Å²) in [5.41, 5.74) is 3.75. The van der Waals surface area contributed by atoms with Gasteiger partial charge in [-0.2, -0.15) is 5.10 Å². The number of amides is 4. The fourth-order valence-corrected chi connectivity index (χ4v) is 4.11. The number of carbonyl (C=O) groups is 4. The van der Waals surface area contributed by atoms with Crippen molar-refractivity contribution in [3.05, 3.63) is 64.8 Å². The van der Waals surface area contributed by atoms with E-state index in [1.54, 1.807) is 18.3 Å². The lowest BCUT2D eigenvalue weighted by molar-refractivity contribution is -0.137. The molecule has 1 fully saturated rings. The van der Waals surface area contributed by atoms with Crippen LogP contribution < -0.4 is 10.6 Å². The number of rotatable bonds is 3. The summed E-state index contributed by atoms with van der Waals surface area (Å²) in [6.45, 7) is 0.548. The molecule has 164 valence electrons. The number of aromatic nitrogens is 2. The maximum atomic E-state index is 12.8. The lowest BCUT2D eigenvalue weighted by Crippen LogP contribution is -2.52. The lowest BCUT2D eigenvalue weighted by Gasteiger charge is -2.29. The highest BCUT2D eigenvalue weighted by Crippen LogP contribution is 2.28. The zero-order chi connectivity index (χ0) is 22.9.